The van der Waals surface area contributed by atoms with Crippen LogP contribution in [0.15, 0.2) is 12.1 Å². The number of halogens is 3. The van der Waals surface area contributed by atoms with Crippen LogP contribution in [-0.2, 0) is 11.3 Å². The second-order valence-corrected chi connectivity index (χ2v) is 5.51. The zero-order valence-corrected chi connectivity index (χ0v) is 15.8. The molecular formula is C14H24Cl3N3O3. The summed E-state index contributed by atoms with van der Waals surface area (Å²) in [5.74, 6) is 0.293. The molecule has 0 unspecified atom stereocenters. The first-order chi connectivity index (χ1) is 9.93. The normalized spacial score (nSPS) is 9.78. The Morgan fingerprint density at radius 3 is 2.52 bits per heavy atom. The van der Waals surface area contributed by atoms with Gasteiger partial charge < -0.3 is 50.2 Å². The van der Waals surface area contributed by atoms with E-state index in [1.807, 2.05) is 12.1 Å². The van der Waals surface area contributed by atoms with Crippen LogP contribution in [0.3, 0.4) is 0 Å². The predicted molar refractivity (Wildman–Crippen MR) is 80.9 cm³/mol. The van der Waals surface area contributed by atoms with Crippen molar-refractivity contribution in [2.24, 2.45) is 5.73 Å². The maximum atomic E-state index is 10.8. The fourth-order valence-electron chi connectivity index (χ4n) is 1.83. The Bertz CT molecular complexity index is 488. The molecule has 0 aliphatic carbocycles. The van der Waals surface area contributed by atoms with Crippen LogP contribution in [-0.4, -0.2) is 46.8 Å². The minimum absolute atomic E-state index is 0. The number of likely N-dealkylation sites (N-methyl/N-ethyl adjacent to an activating group) is 1. The average Bonchev–Trinajstić information content (AvgIpc) is 2.41. The quantitative estimate of drug-likeness (QED) is 0.368. The fourth-order valence-corrected chi connectivity index (χ4v) is 2.12. The van der Waals surface area contributed by atoms with Crippen molar-refractivity contribution in [3.05, 3.63) is 22.7 Å². The first-order valence-electron chi connectivity index (χ1n) is 6.82. The number of hydrogen-bond acceptors (Lipinski definition) is 3. The van der Waals surface area contributed by atoms with Gasteiger partial charge >= 0.3 is 0 Å². The number of carbonyl (C=O) groups excluding carboxylic acids is 1. The van der Waals surface area contributed by atoms with Crippen molar-refractivity contribution < 1.29 is 49.3 Å². The van der Waals surface area contributed by atoms with Crippen molar-refractivity contribution in [1.29, 1.82) is 0 Å². The van der Waals surface area contributed by atoms with Gasteiger partial charge in [-0.3, -0.25) is 4.79 Å². The van der Waals surface area contributed by atoms with Crippen LogP contribution in [0.5, 0.6) is 11.5 Å². The van der Waals surface area contributed by atoms with E-state index in [9.17, 15) is 4.79 Å². The van der Waals surface area contributed by atoms with E-state index in [0.717, 1.165) is 25.2 Å². The molecule has 0 saturated carbocycles. The van der Waals surface area contributed by atoms with Gasteiger partial charge in [-0.2, -0.15) is 0 Å². The van der Waals surface area contributed by atoms with E-state index in [4.69, 9.17) is 26.8 Å². The number of primary amides is 1. The molecule has 0 atom stereocenters. The number of carbonyl (C=O) groups is 1. The lowest BCUT2D eigenvalue weighted by atomic mass is 10.2. The predicted octanol–water partition coefficient (Wildman–Crippen LogP) is -7.57. The summed E-state index contributed by atoms with van der Waals surface area (Å²) in [5.41, 5.74) is 6.10. The van der Waals surface area contributed by atoms with Gasteiger partial charge in [-0.25, -0.2) is 0 Å². The zero-order valence-electron chi connectivity index (χ0n) is 13.5. The Kier molecular flexibility index (Phi) is 13.2. The molecule has 9 heteroatoms. The third-order valence-corrected chi connectivity index (χ3v) is 3.16. The molecule has 0 radical (unpaired) electrons. The smallest absolute Gasteiger partial charge is 0.255 e. The molecule has 6 nitrogen and oxygen atoms in total. The lowest BCUT2D eigenvalue weighted by Crippen LogP contribution is -3.09. The average molecular weight is 389 g/mol. The summed E-state index contributed by atoms with van der Waals surface area (Å²) >= 11 is 6.18. The first kappa shape index (κ1) is 24.3. The fraction of sp³-hybridized carbons (Fsp3) is 0.500. The van der Waals surface area contributed by atoms with Gasteiger partial charge in [0.05, 0.1) is 26.2 Å². The Hall–Kier alpha value is -0.920. The standard InChI is InChI=1S/C14H22ClN3O3.2ClH/c1-18(2)5-4-17-8-10-6-11(15)14(12(7-10)20-3)21-9-13(16)19;;/h6-7,17H,4-5,8-9H2,1-3H3,(H2,16,19);2*1H. The summed E-state index contributed by atoms with van der Waals surface area (Å²) in [5, 5.41) is 2.62. The van der Waals surface area contributed by atoms with Crippen LogP contribution >= 0.6 is 11.6 Å². The van der Waals surface area contributed by atoms with Gasteiger partial charge in [-0.15, -0.1) is 0 Å². The molecule has 0 aromatic heterocycles. The highest BCUT2D eigenvalue weighted by Crippen LogP contribution is 2.36. The molecule has 23 heavy (non-hydrogen) atoms. The molecule has 0 bridgehead atoms. The van der Waals surface area contributed by atoms with Crippen molar-refractivity contribution in [2.75, 3.05) is 40.9 Å². The topological polar surface area (TPSA) is 82.6 Å². The second-order valence-electron chi connectivity index (χ2n) is 5.10. The maximum absolute atomic E-state index is 10.8. The van der Waals surface area contributed by atoms with E-state index in [1.54, 1.807) is 0 Å². The van der Waals surface area contributed by atoms with Crippen molar-refractivity contribution in [1.82, 2.24) is 0 Å². The van der Waals surface area contributed by atoms with E-state index in [0.29, 0.717) is 16.5 Å². The number of ether oxygens (including phenoxy) is 2. The summed E-state index contributed by atoms with van der Waals surface area (Å²) in [7, 11) is 5.78. The molecule has 0 fully saturated rings. The molecule has 134 valence electrons. The lowest BCUT2D eigenvalue weighted by molar-refractivity contribution is -0.875. The molecule has 0 aliphatic rings. The van der Waals surface area contributed by atoms with E-state index >= 15 is 0 Å². The Labute approximate surface area is 154 Å². The molecule has 0 heterocycles. The zero-order chi connectivity index (χ0) is 15.8. The molecule has 1 amide bonds. The van der Waals surface area contributed by atoms with Crippen molar-refractivity contribution in [3.8, 4) is 11.5 Å². The Balaban J connectivity index is 0. The van der Waals surface area contributed by atoms with Crippen molar-refractivity contribution >= 4 is 17.5 Å². The number of benzene rings is 1. The summed E-state index contributed by atoms with van der Waals surface area (Å²) in [6.07, 6.45) is 0. The summed E-state index contributed by atoms with van der Waals surface area (Å²) in [4.78, 5) is 12.2. The molecule has 1 rings (SSSR count). The number of methoxy groups -OCH3 is 1. The minimum Gasteiger partial charge on any atom is -1.00 e. The van der Waals surface area contributed by atoms with Gasteiger partial charge in [-0.05, 0) is 12.1 Å². The third-order valence-electron chi connectivity index (χ3n) is 2.88. The molecule has 0 saturated heterocycles. The number of quaternary nitrogens is 2. The molecule has 1 aromatic rings. The molecule has 0 spiro atoms. The van der Waals surface area contributed by atoms with Gasteiger partial charge in [0, 0.05) is 5.56 Å². The van der Waals surface area contributed by atoms with Crippen LogP contribution in [0.25, 0.3) is 0 Å². The molecule has 0 aliphatic heterocycles. The largest absolute Gasteiger partial charge is 1.00 e. The summed E-state index contributed by atoms with van der Waals surface area (Å²) in [6.45, 7) is 2.69. The Morgan fingerprint density at radius 1 is 1.35 bits per heavy atom. The number of amides is 1. The Morgan fingerprint density at radius 2 is 2.00 bits per heavy atom. The number of hydrogen-bond donors (Lipinski definition) is 3. The number of nitrogens with one attached hydrogen (secondary N) is 1. The minimum atomic E-state index is -0.559. The van der Waals surface area contributed by atoms with E-state index in [1.165, 1.54) is 12.0 Å². The van der Waals surface area contributed by atoms with Gasteiger partial charge in [0.1, 0.15) is 19.6 Å². The molecule has 5 N–H and O–H groups in total. The van der Waals surface area contributed by atoms with Crippen molar-refractivity contribution in [2.45, 2.75) is 6.54 Å². The molecule has 1 aromatic carbocycles. The second kappa shape index (κ2) is 12.5. The van der Waals surface area contributed by atoms with E-state index < -0.39 is 5.91 Å². The maximum Gasteiger partial charge on any atom is 0.255 e. The van der Waals surface area contributed by atoms with Gasteiger partial charge in [0.2, 0.25) is 0 Å². The van der Waals surface area contributed by atoms with Gasteiger partial charge in [0.25, 0.3) is 5.91 Å². The number of nitrogens with two attached hydrogens (primary N) is 2. The molecular weight excluding hydrogens is 365 g/mol. The van der Waals surface area contributed by atoms with Gasteiger partial charge in [0.15, 0.2) is 18.1 Å². The van der Waals surface area contributed by atoms with Crippen LogP contribution in [0.1, 0.15) is 5.56 Å². The van der Waals surface area contributed by atoms with E-state index in [2.05, 4.69) is 19.4 Å². The van der Waals surface area contributed by atoms with Crippen LogP contribution < -0.4 is 50.2 Å². The highest BCUT2D eigenvalue weighted by molar-refractivity contribution is 6.32. The highest BCUT2D eigenvalue weighted by Gasteiger charge is 2.13. The highest BCUT2D eigenvalue weighted by atomic mass is 35.5. The SMILES string of the molecule is COc1cc(C[NH2+]CC[NH+](C)C)cc(Cl)c1OCC(N)=O.[Cl-].[Cl-]. The van der Waals surface area contributed by atoms with Gasteiger partial charge in [-0.1, -0.05) is 11.6 Å². The van der Waals surface area contributed by atoms with Crippen molar-refractivity contribution in [3.63, 3.8) is 0 Å². The monoisotopic (exact) mass is 387 g/mol. The number of rotatable bonds is 9. The first-order valence-corrected chi connectivity index (χ1v) is 7.20. The lowest BCUT2D eigenvalue weighted by Gasteiger charge is -2.13. The van der Waals surface area contributed by atoms with Crippen LogP contribution in [0, 0.1) is 0 Å². The summed E-state index contributed by atoms with van der Waals surface area (Å²) in [6, 6.07) is 3.68. The van der Waals surface area contributed by atoms with Crippen LogP contribution in [0.4, 0.5) is 0 Å². The summed E-state index contributed by atoms with van der Waals surface area (Å²) < 4.78 is 10.6. The third kappa shape index (κ3) is 9.07. The van der Waals surface area contributed by atoms with E-state index in [-0.39, 0.29) is 31.4 Å². The van der Waals surface area contributed by atoms with Crippen LogP contribution in [0.2, 0.25) is 5.02 Å².